The van der Waals surface area contributed by atoms with E-state index in [1.165, 1.54) is 25.7 Å². The highest BCUT2D eigenvalue weighted by Crippen LogP contribution is 2.35. The zero-order valence-electron chi connectivity index (χ0n) is 11.6. The average molecular weight is 268 g/mol. The van der Waals surface area contributed by atoms with Crippen molar-refractivity contribution in [2.45, 2.75) is 69.4 Å². The van der Waals surface area contributed by atoms with E-state index in [9.17, 15) is 0 Å². The topological polar surface area (TPSA) is 56.7 Å². The molecule has 1 aromatic heterocycles. The molecule has 0 saturated heterocycles. The highest BCUT2D eigenvalue weighted by molar-refractivity contribution is 7.99. The van der Waals surface area contributed by atoms with Crippen molar-refractivity contribution in [2.24, 2.45) is 11.7 Å². The molecule has 5 heteroatoms. The number of nitrogens with two attached hydrogens (primary N) is 1. The zero-order valence-corrected chi connectivity index (χ0v) is 12.4. The Labute approximate surface area is 114 Å². The monoisotopic (exact) mass is 268 g/mol. The van der Waals surface area contributed by atoms with E-state index in [1.54, 1.807) is 0 Å². The third-order valence-corrected chi connectivity index (χ3v) is 4.96. The Hall–Kier alpha value is -0.550. The lowest BCUT2D eigenvalue weighted by molar-refractivity contribution is 0.392. The largest absolute Gasteiger partial charge is 0.324 e. The van der Waals surface area contributed by atoms with Crippen molar-refractivity contribution in [1.29, 1.82) is 0 Å². The van der Waals surface area contributed by atoms with E-state index in [2.05, 4.69) is 35.5 Å². The van der Waals surface area contributed by atoms with Crippen LogP contribution in [0.2, 0.25) is 0 Å². The average Bonchev–Trinajstić information content (AvgIpc) is 2.75. The highest BCUT2D eigenvalue weighted by Gasteiger charge is 2.23. The van der Waals surface area contributed by atoms with Crippen LogP contribution >= 0.6 is 11.8 Å². The van der Waals surface area contributed by atoms with Gasteiger partial charge in [-0.15, -0.1) is 10.2 Å². The molecule has 0 bridgehead atoms. The second kappa shape index (κ2) is 6.06. The molecule has 18 heavy (non-hydrogen) atoms. The molecule has 1 aromatic rings. The van der Waals surface area contributed by atoms with Crippen LogP contribution in [0.3, 0.4) is 0 Å². The van der Waals surface area contributed by atoms with Crippen LogP contribution in [0.15, 0.2) is 5.16 Å². The fraction of sp³-hybridized carbons (Fsp3) is 0.846. The molecule has 102 valence electrons. The molecular weight excluding hydrogens is 244 g/mol. The summed E-state index contributed by atoms with van der Waals surface area (Å²) >= 11 is 1.89. The Morgan fingerprint density at radius 1 is 1.28 bits per heavy atom. The molecule has 1 heterocycles. The summed E-state index contributed by atoms with van der Waals surface area (Å²) in [6, 6.07) is 0.378. The van der Waals surface area contributed by atoms with Gasteiger partial charge in [-0.3, -0.25) is 0 Å². The molecule has 0 spiro atoms. The first-order valence-electron chi connectivity index (χ1n) is 6.92. The van der Waals surface area contributed by atoms with E-state index in [0.717, 1.165) is 16.9 Å². The van der Waals surface area contributed by atoms with Crippen molar-refractivity contribution in [3.8, 4) is 0 Å². The van der Waals surface area contributed by atoms with E-state index < -0.39 is 0 Å². The Morgan fingerprint density at radius 3 is 2.50 bits per heavy atom. The molecule has 2 N–H and O–H groups in total. The molecule has 4 nitrogen and oxygen atoms in total. The van der Waals surface area contributed by atoms with Gasteiger partial charge in [-0.2, -0.15) is 0 Å². The van der Waals surface area contributed by atoms with Crippen LogP contribution in [0.5, 0.6) is 0 Å². The summed E-state index contributed by atoms with van der Waals surface area (Å²) in [6.45, 7) is 7.14. The Bertz CT molecular complexity index is 380. The smallest absolute Gasteiger partial charge is 0.191 e. The standard InChI is InChI=1S/C13H24N4S/c1-9(2)17-12(8-14)15-16-13(17)18-11-6-4-10(3)5-7-11/h9-11H,4-8,14H2,1-3H3. The molecular formula is C13H24N4S. The molecule has 0 radical (unpaired) electrons. The third kappa shape index (κ3) is 3.06. The van der Waals surface area contributed by atoms with Crippen LogP contribution in [-0.2, 0) is 6.54 Å². The molecule has 1 saturated carbocycles. The second-order valence-corrected chi connectivity index (χ2v) is 6.83. The maximum absolute atomic E-state index is 5.72. The number of hydrogen-bond donors (Lipinski definition) is 1. The Morgan fingerprint density at radius 2 is 1.94 bits per heavy atom. The van der Waals surface area contributed by atoms with Crippen LogP contribution < -0.4 is 5.73 Å². The summed E-state index contributed by atoms with van der Waals surface area (Å²) in [7, 11) is 0. The molecule has 0 amide bonds. The molecule has 0 unspecified atom stereocenters. The Balaban J connectivity index is 2.07. The van der Waals surface area contributed by atoms with E-state index in [4.69, 9.17) is 5.73 Å². The summed E-state index contributed by atoms with van der Waals surface area (Å²) in [5.74, 6) is 1.79. The van der Waals surface area contributed by atoms with Crippen LogP contribution in [0.1, 0.15) is 58.3 Å². The summed E-state index contributed by atoms with van der Waals surface area (Å²) in [5, 5.41) is 10.3. The van der Waals surface area contributed by atoms with Crippen molar-refractivity contribution in [1.82, 2.24) is 14.8 Å². The van der Waals surface area contributed by atoms with Crippen LogP contribution in [0.4, 0.5) is 0 Å². The van der Waals surface area contributed by atoms with Crippen molar-refractivity contribution < 1.29 is 0 Å². The predicted molar refractivity (Wildman–Crippen MR) is 75.6 cm³/mol. The van der Waals surface area contributed by atoms with E-state index >= 15 is 0 Å². The lowest BCUT2D eigenvalue weighted by Crippen LogP contribution is -2.16. The summed E-state index contributed by atoms with van der Waals surface area (Å²) in [6.07, 6.45) is 5.29. The van der Waals surface area contributed by atoms with Gasteiger partial charge in [0.1, 0.15) is 5.82 Å². The SMILES string of the molecule is CC1CCC(Sc2nnc(CN)n2C(C)C)CC1. The van der Waals surface area contributed by atoms with Crippen molar-refractivity contribution in [3.05, 3.63) is 5.82 Å². The third-order valence-electron chi connectivity index (χ3n) is 3.67. The molecule has 0 aliphatic heterocycles. The fourth-order valence-corrected chi connectivity index (χ4v) is 3.87. The van der Waals surface area contributed by atoms with Gasteiger partial charge in [0.25, 0.3) is 0 Å². The first kappa shape index (κ1) is 13.9. The van der Waals surface area contributed by atoms with Gasteiger partial charge in [0.05, 0.1) is 6.54 Å². The first-order chi connectivity index (χ1) is 8.61. The molecule has 1 fully saturated rings. The molecule has 1 aliphatic carbocycles. The molecule has 0 aromatic carbocycles. The van der Waals surface area contributed by atoms with E-state index in [0.29, 0.717) is 17.8 Å². The van der Waals surface area contributed by atoms with Gasteiger partial charge < -0.3 is 10.3 Å². The molecule has 2 rings (SSSR count). The minimum atomic E-state index is 0.378. The number of aromatic nitrogens is 3. The summed E-state index contributed by atoms with van der Waals surface area (Å²) in [5.41, 5.74) is 5.72. The van der Waals surface area contributed by atoms with E-state index in [1.807, 2.05) is 11.8 Å². The highest BCUT2D eigenvalue weighted by atomic mass is 32.2. The van der Waals surface area contributed by atoms with Gasteiger partial charge in [-0.25, -0.2) is 0 Å². The maximum Gasteiger partial charge on any atom is 0.191 e. The van der Waals surface area contributed by atoms with E-state index in [-0.39, 0.29) is 0 Å². The summed E-state index contributed by atoms with van der Waals surface area (Å²) in [4.78, 5) is 0. The minimum Gasteiger partial charge on any atom is -0.324 e. The van der Waals surface area contributed by atoms with Gasteiger partial charge in [-0.05, 0) is 45.4 Å². The first-order valence-corrected chi connectivity index (χ1v) is 7.80. The van der Waals surface area contributed by atoms with Gasteiger partial charge in [0.15, 0.2) is 5.16 Å². The number of hydrogen-bond acceptors (Lipinski definition) is 4. The normalized spacial score (nSPS) is 24.7. The molecule has 1 aliphatic rings. The van der Waals surface area contributed by atoms with Gasteiger partial charge >= 0.3 is 0 Å². The minimum absolute atomic E-state index is 0.378. The number of thioether (sulfide) groups is 1. The predicted octanol–water partition coefficient (Wildman–Crippen LogP) is 2.99. The quantitative estimate of drug-likeness (QED) is 0.912. The number of rotatable bonds is 4. The van der Waals surface area contributed by atoms with Crippen LogP contribution in [0, 0.1) is 5.92 Å². The van der Waals surface area contributed by atoms with Crippen LogP contribution in [0.25, 0.3) is 0 Å². The lowest BCUT2D eigenvalue weighted by Gasteiger charge is -2.25. The van der Waals surface area contributed by atoms with Crippen LogP contribution in [-0.4, -0.2) is 20.0 Å². The van der Waals surface area contributed by atoms with Gasteiger partial charge in [0, 0.05) is 11.3 Å². The number of nitrogens with zero attached hydrogens (tertiary/aromatic N) is 3. The second-order valence-electron chi connectivity index (χ2n) is 5.57. The lowest BCUT2D eigenvalue weighted by atomic mass is 9.91. The zero-order chi connectivity index (χ0) is 13.1. The van der Waals surface area contributed by atoms with Gasteiger partial charge in [-0.1, -0.05) is 18.7 Å². The summed E-state index contributed by atoms with van der Waals surface area (Å²) < 4.78 is 2.18. The van der Waals surface area contributed by atoms with Crippen molar-refractivity contribution in [3.63, 3.8) is 0 Å². The van der Waals surface area contributed by atoms with Crippen molar-refractivity contribution >= 4 is 11.8 Å². The van der Waals surface area contributed by atoms with Crippen molar-refractivity contribution in [2.75, 3.05) is 0 Å². The fourth-order valence-electron chi connectivity index (χ4n) is 2.54. The maximum atomic E-state index is 5.72. The Kier molecular flexibility index (Phi) is 4.67. The van der Waals surface area contributed by atoms with Gasteiger partial charge in [0.2, 0.25) is 0 Å². The molecule has 0 atom stereocenters.